The smallest absolute Gasteiger partial charge is 0.264 e. The van der Waals surface area contributed by atoms with Crippen LogP contribution in [0.4, 0.5) is 5.69 Å². The first-order valence-electron chi connectivity index (χ1n) is 8.55. The molecule has 4 nitrogen and oxygen atoms in total. The lowest BCUT2D eigenvalue weighted by atomic mass is 10.1. The molecule has 1 saturated heterocycles. The molecule has 3 rings (SSSR count). The second kappa shape index (κ2) is 7.79. The third-order valence-electron chi connectivity index (χ3n) is 3.79. The van der Waals surface area contributed by atoms with E-state index in [1.807, 2.05) is 70.2 Å². The molecule has 5 heteroatoms. The number of amides is 1. The van der Waals surface area contributed by atoms with Crippen molar-refractivity contribution >= 4 is 34.6 Å². The van der Waals surface area contributed by atoms with Gasteiger partial charge in [-0.05, 0) is 63.2 Å². The minimum absolute atomic E-state index is 0.0706. The van der Waals surface area contributed by atoms with Gasteiger partial charge in [-0.3, -0.25) is 4.79 Å². The van der Waals surface area contributed by atoms with Crippen LogP contribution in [-0.4, -0.2) is 17.2 Å². The Labute approximate surface area is 158 Å². The van der Waals surface area contributed by atoms with Crippen molar-refractivity contribution in [3.63, 3.8) is 0 Å². The number of hydrogen-bond donors (Lipinski definition) is 1. The standard InChI is InChI=1S/C21H22N2O2S/c1-13(2)25-18-8-6-5-7-16(18)12-19-20(24)23-21(26-19)22-17-10-9-14(3)11-15(17)4/h5-13H,1-4H3,(H,22,23,24)/b19-12-. The minimum Gasteiger partial charge on any atom is -0.490 e. The molecule has 0 unspecified atom stereocenters. The summed E-state index contributed by atoms with van der Waals surface area (Å²) in [5, 5.41) is 3.43. The van der Waals surface area contributed by atoms with Gasteiger partial charge in [-0.25, -0.2) is 4.99 Å². The topological polar surface area (TPSA) is 50.7 Å². The number of benzene rings is 2. The van der Waals surface area contributed by atoms with Crippen LogP contribution in [0, 0.1) is 13.8 Å². The first-order chi connectivity index (χ1) is 12.4. The summed E-state index contributed by atoms with van der Waals surface area (Å²) in [5.41, 5.74) is 4.02. The first kappa shape index (κ1) is 18.3. The van der Waals surface area contributed by atoms with Crippen molar-refractivity contribution in [1.82, 2.24) is 5.32 Å². The molecular formula is C21H22N2O2S. The molecule has 1 fully saturated rings. The lowest BCUT2D eigenvalue weighted by Crippen LogP contribution is -2.19. The third kappa shape index (κ3) is 4.35. The molecule has 0 radical (unpaired) electrons. The highest BCUT2D eigenvalue weighted by Gasteiger charge is 2.24. The van der Waals surface area contributed by atoms with Gasteiger partial charge in [0.25, 0.3) is 5.91 Å². The van der Waals surface area contributed by atoms with Crippen molar-refractivity contribution in [2.45, 2.75) is 33.8 Å². The van der Waals surface area contributed by atoms with Crippen LogP contribution in [0.15, 0.2) is 52.4 Å². The Bertz CT molecular complexity index is 901. The molecule has 0 spiro atoms. The fourth-order valence-electron chi connectivity index (χ4n) is 2.62. The van der Waals surface area contributed by atoms with Gasteiger partial charge in [-0.1, -0.05) is 35.9 Å². The molecule has 26 heavy (non-hydrogen) atoms. The lowest BCUT2D eigenvalue weighted by Gasteiger charge is -2.12. The van der Waals surface area contributed by atoms with Crippen LogP contribution in [0.3, 0.4) is 0 Å². The molecule has 1 heterocycles. The molecule has 0 saturated carbocycles. The van der Waals surface area contributed by atoms with Gasteiger partial charge in [0.05, 0.1) is 16.7 Å². The SMILES string of the molecule is Cc1ccc(N=C2NC(=O)/C(=C/c3ccccc3OC(C)C)S2)c(C)c1. The molecule has 2 aromatic carbocycles. The van der Waals surface area contributed by atoms with E-state index in [-0.39, 0.29) is 12.0 Å². The molecule has 0 bridgehead atoms. The van der Waals surface area contributed by atoms with E-state index in [1.54, 1.807) is 0 Å². The van der Waals surface area contributed by atoms with Gasteiger partial charge in [-0.15, -0.1) is 0 Å². The summed E-state index contributed by atoms with van der Waals surface area (Å²) >= 11 is 1.34. The highest BCUT2D eigenvalue weighted by atomic mass is 32.2. The van der Waals surface area contributed by atoms with Gasteiger partial charge in [-0.2, -0.15) is 0 Å². The van der Waals surface area contributed by atoms with Crippen molar-refractivity contribution < 1.29 is 9.53 Å². The highest BCUT2D eigenvalue weighted by Crippen LogP contribution is 2.31. The fourth-order valence-corrected chi connectivity index (χ4v) is 3.45. The Kier molecular flexibility index (Phi) is 5.47. The summed E-state index contributed by atoms with van der Waals surface area (Å²) in [6, 6.07) is 13.8. The predicted molar refractivity (Wildman–Crippen MR) is 109 cm³/mol. The molecule has 1 amide bonds. The van der Waals surface area contributed by atoms with Crippen LogP contribution in [-0.2, 0) is 4.79 Å². The van der Waals surface area contributed by atoms with Crippen molar-refractivity contribution in [2.24, 2.45) is 4.99 Å². The Morgan fingerprint density at radius 2 is 1.92 bits per heavy atom. The summed E-state index contributed by atoms with van der Waals surface area (Å²) in [6.45, 7) is 8.03. The van der Waals surface area contributed by atoms with Crippen molar-refractivity contribution in [2.75, 3.05) is 0 Å². The second-order valence-corrected chi connectivity index (χ2v) is 7.51. The van der Waals surface area contributed by atoms with Crippen LogP contribution in [0.5, 0.6) is 5.75 Å². The number of aryl methyl sites for hydroxylation is 2. The van der Waals surface area contributed by atoms with E-state index in [2.05, 4.69) is 16.4 Å². The summed E-state index contributed by atoms with van der Waals surface area (Å²) in [7, 11) is 0. The van der Waals surface area contributed by atoms with Crippen LogP contribution >= 0.6 is 11.8 Å². The van der Waals surface area contributed by atoms with Crippen LogP contribution < -0.4 is 10.1 Å². The zero-order chi connectivity index (χ0) is 18.7. The largest absolute Gasteiger partial charge is 0.490 e. The van der Waals surface area contributed by atoms with Gasteiger partial charge in [0.15, 0.2) is 5.17 Å². The summed E-state index contributed by atoms with van der Waals surface area (Å²) in [4.78, 5) is 17.5. The molecule has 1 aliphatic heterocycles. The summed E-state index contributed by atoms with van der Waals surface area (Å²) in [6.07, 6.45) is 1.92. The van der Waals surface area contributed by atoms with Gasteiger partial charge < -0.3 is 10.1 Å². The fraction of sp³-hybridized carbons (Fsp3) is 0.238. The van der Waals surface area contributed by atoms with Gasteiger partial charge in [0.2, 0.25) is 0 Å². The molecule has 1 aliphatic rings. The van der Waals surface area contributed by atoms with Gasteiger partial charge >= 0.3 is 0 Å². The number of nitrogens with one attached hydrogen (secondary N) is 1. The summed E-state index contributed by atoms with van der Waals surface area (Å²) in [5.74, 6) is 0.626. The Balaban J connectivity index is 1.86. The molecule has 2 aromatic rings. The average Bonchev–Trinajstić information content (AvgIpc) is 2.91. The Morgan fingerprint density at radius 3 is 2.65 bits per heavy atom. The lowest BCUT2D eigenvalue weighted by molar-refractivity contribution is -0.115. The van der Waals surface area contributed by atoms with E-state index in [9.17, 15) is 4.79 Å². The molecule has 0 aromatic heterocycles. The Hall–Kier alpha value is -2.53. The number of rotatable bonds is 4. The zero-order valence-corrected chi connectivity index (χ0v) is 16.2. The number of aliphatic imine (C=N–C) groups is 1. The number of para-hydroxylation sites is 1. The maximum atomic E-state index is 12.3. The highest BCUT2D eigenvalue weighted by molar-refractivity contribution is 8.18. The normalized spacial score (nSPS) is 17.2. The molecule has 0 atom stereocenters. The third-order valence-corrected chi connectivity index (χ3v) is 4.70. The van der Waals surface area contributed by atoms with E-state index in [1.165, 1.54) is 17.3 Å². The summed E-state index contributed by atoms with van der Waals surface area (Å²) < 4.78 is 5.82. The van der Waals surface area contributed by atoms with Crippen molar-refractivity contribution in [3.8, 4) is 5.75 Å². The molecule has 1 N–H and O–H groups in total. The number of hydrogen-bond acceptors (Lipinski definition) is 4. The number of carbonyl (C=O) groups excluding carboxylic acids is 1. The van der Waals surface area contributed by atoms with Crippen molar-refractivity contribution in [1.29, 1.82) is 0 Å². The van der Waals surface area contributed by atoms with Crippen LogP contribution in [0.25, 0.3) is 6.08 Å². The molecular weight excluding hydrogens is 344 g/mol. The maximum Gasteiger partial charge on any atom is 0.264 e. The monoisotopic (exact) mass is 366 g/mol. The quantitative estimate of drug-likeness (QED) is 0.776. The number of thioether (sulfide) groups is 1. The van der Waals surface area contributed by atoms with Gasteiger partial charge in [0.1, 0.15) is 5.75 Å². The van der Waals surface area contributed by atoms with Crippen molar-refractivity contribution in [3.05, 3.63) is 64.1 Å². The Morgan fingerprint density at radius 1 is 1.15 bits per heavy atom. The minimum atomic E-state index is -0.141. The maximum absolute atomic E-state index is 12.3. The average molecular weight is 366 g/mol. The van der Waals surface area contributed by atoms with E-state index in [0.29, 0.717) is 10.1 Å². The van der Waals surface area contributed by atoms with E-state index in [4.69, 9.17) is 4.74 Å². The second-order valence-electron chi connectivity index (χ2n) is 6.48. The first-order valence-corrected chi connectivity index (χ1v) is 9.36. The number of nitrogens with zero attached hydrogens (tertiary/aromatic N) is 1. The van der Waals surface area contributed by atoms with Gasteiger partial charge in [0, 0.05) is 5.56 Å². The van der Waals surface area contributed by atoms with E-state index < -0.39 is 0 Å². The van der Waals surface area contributed by atoms with E-state index >= 15 is 0 Å². The van der Waals surface area contributed by atoms with E-state index in [0.717, 1.165) is 22.6 Å². The number of ether oxygens (including phenoxy) is 1. The predicted octanol–water partition coefficient (Wildman–Crippen LogP) is 4.98. The number of carbonyl (C=O) groups is 1. The van der Waals surface area contributed by atoms with Crippen LogP contribution in [0.2, 0.25) is 0 Å². The molecule has 134 valence electrons. The molecule has 0 aliphatic carbocycles. The van der Waals surface area contributed by atoms with Crippen LogP contribution in [0.1, 0.15) is 30.5 Å². The zero-order valence-electron chi connectivity index (χ0n) is 15.4. The number of amidine groups is 1.